The summed E-state index contributed by atoms with van der Waals surface area (Å²) >= 11 is 2.83. The zero-order chi connectivity index (χ0) is 13.9. The SMILES string of the molecule is Cc1ccc(-c2nsc(NC(=O)c3ccccc3)n2)s1. The summed E-state index contributed by atoms with van der Waals surface area (Å²) in [6, 6.07) is 13.1. The number of anilines is 1. The molecular formula is C14H11N3OS2. The van der Waals surface area contributed by atoms with Crippen molar-refractivity contribution in [1.82, 2.24) is 9.36 Å². The molecule has 0 aliphatic heterocycles. The van der Waals surface area contributed by atoms with Crippen molar-refractivity contribution < 1.29 is 4.79 Å². The molecule has 2 aromatic heterocycles. The summed E-state index contributed by atoms with van der Waals surface area (Å²) in [4.78, 5) is 18.6. The van der Waals surface area contributed by atoms with Crippen molar-refractivity contribution in [2.24, 2.45) is 0 Å². The van der Waals surface area contributed by atoms with E-state index in [0.29, 0.717) is 16.5 Å². The van der Waals surface area contributed by atoms with Crippen LogP contribution >= 0.6 is 22.9 Å². The van der Waals surface area contributed by atoms with Crippen LogP contribution in [0.5, 0.6) is 0 Å². The zero-order valence-corrected chi connectivity index (χ0v) is 12.3. The highest BCUT2D eigenvalue weighted by Gasteiger charge is 2.11. The van der Waals surface area contributed by atoms with Gasteiger partial charge in [-0.25, -0.2) is 0 Å². The molecule has 0 radical (unpaired) electrons. The molecule has 0 saturated heterocycles. The number of hydrogen-bond donors (Lipinski definition) is 1. The highest BCUT2D eigenvalue weighted by atomic mass is 32.1. The smallest absolute Gasteiger partial charge is 0.257 e. The largest absolute Gasteiger partial charge is 0.297 e. The summed E-state index contributed by atoms with van der Waals surface area (Å²) in [7, 11) is 0. The molecular weight excluding hydrogens is 290 g/mol. The standard InChI is InChI=1S/C14H11N3OS2/c1-9-7-8-11(19-9)12-15-14(20-17-12)16-13(18)10-5-3-2-4-6-10/h2-8H,1H3,(H,15,16,17,18). The minimum atomic E-state index is -0.171. The Kier molecular flexibility index (Phi) is 3.58. The van der Waals surface area contributed by atoms with Crippen LogP contribution in [0, 0.1) is 6.92 Å². The van der Waals surface area contributed by atoms with E-state index in [2.05, 4.69) is 14.7 Å². The van der Waals surface area contributed by atoms with Crippen LogP contribution in [0.1, 0.15) is 15.2 Å². The van der Waals surface area contributed by atoms with Crippen LogP contribution in [-0.4, -0.2) is 15.3 Å². The minimum absolute atomic E-state index is 0.171. The Bertz CT molecular complexity index is 734. The molecule has 1 amide bonds. The van der Waals surface area contributed by atoms with Crippen molar-refractivity contribution in [2.45, 2.75) is 6.92 Å². The molecule has 3 rings (SSSR count). The van der Waals surface area contributed by atoms with Gasteiger partial charge in [-0.15, -0.1) is 11.3 Å². The summed E-state index contributed by atoms with van der Waals surface area (Å²) in [5.74, 6) is 0.493. The first-order valence-corrected chi connectivity index (χ1v) is 7.58. The van der Waals surface area contributed by atoms with E-state index >= 15 is 0 Å². The Morgan fingerprint density at radius 1 is 1.15 bits per heavy atom. The predicted molar refractivity (Wildman–Crippen MR) is 82.4 cm³/mol. The second-order valence-corrected chi connectivity index (χ2v) is 6.19. The number of carbonyl (C=O) groups excluding carboxylic acids is 1. The van der Waals surface area contributed by atoms with E-state index in [1.165, 1.54) is 16.4 Å². The molecule has 6 heteroatoms. The lowest BCUT2D eigenvalue weighted by molar-refractivity contribution is 0.102. The van der Waals surface area contributed by atoms with Crippen LogP contribution in [-0.2, 0) is 0 Å². The third-order valence-corrected chi connectivity index (χ3v) is 4.27. The van der Waals surface area contributed by atoms with E-state index in [4.69, 9.17) is 0 Å². The lowest BCUT2D eigenvalue weighted by Crippen LogP contribution is -2.11. The van der Waals surface area contributed by atoms with Gasteiger partial charge < -0.3 is 0 Å². The van der Waals surface area contributed by atoms with Crippen molar-refractivity contribution in [3.8, 4) is 10.7 Å². The second kappa shape index (κ2) is 5.52. The molecule has 1 aromatic carbocycles. The van der Waals surface area contributed by atoms with Crippen LogP contribution in [0.4, 0.5) is 5.13 Å². The quantitative estimate of drug-likeness (QED) is 0.800. The molecule has 3 aromatic rings. The van der Waals surface area contributed by atoms with Gasteiger partial charge in [-0.2, -0.15) is 9.36 Å². The third-order valence-electron chi connectivity index (χ3n) is 2.64. The predicted octanol–water partition coefficient (Wildman–Crippen LogP) is 3.83. The van der Waals surface area contributed by atoms with Crippen molar-refractivity contribution in [3.63, 3.8) is 0 Å². The molecule has 0 atom stereocenters. The Balaban J connectivity index is 1.76. The first kappa shape index (κ1) is 13.0. The van der Waals surface area contributed by atoms with E-state index in [9.17, 15) is 4.79 Å². The lowest BCUT2D eigenvalue weighted by atomic mass is 10.2. The van der Waals surface area contributed by atoms with E-state index in [1.54, 1.807) is 23.5 Å². The lowest BCUT2D eigenvalue weighted by Gasteiger charge is -1.99. The number of hydrogen-bond acceptors (Lipinski definition) is 5. The van der Waals surface area contributed by atoms with Gasteiger partial charge in [0.2, 0.25) is 5.13 Å². The van der Waals surface area contributed by atoms with Crippen LogP contribution in [0.3, 0.4) is 0 Å². The molecule has 0 aliphatic rings. The molecule has 0 fully saturated rings. The first-order chi connectivity index (χ1) is 9.72. The Morgan fingerprint density at radius 2 is 1.95 bits per heavy atom. The molecule has 0 saturated carbocycles. The number of benzene rings is 1. The van der Waals surface area contributed by atoms with E-state index < -0.39 is 0 Å². The van der Waals surface area contributed by atoms with Gasteiger partial charge in [0.15, 0.2) is 5.82 Å². The van der Waals surface area contributed by atoms with E-state index in [1.807, 2.05) is 37.3 Å². The third kappa shape index (κ3) is 2.76. The molecule has 100 valence electrons. The number of aryl methyl sites for hydroxylation is 1. The summed E-state index contributed by atoms with van der Waals surface area (Å²) in [5.41, 5.74) is 0.608. The van der Waals surface area contributed by atoms with Crippen molar-refractivity contribution in [1.29, 1.82) is 0 Å². The molecule has 4 nitrogen and oxygen atoms in total. The van der Waals surface area contributed by atoms with Crippen LogP contribution < -0.4 is 5.32 Å². The number of nitrogens with zero attached hydrogens (tertiary/aromatic N) is 2. The average molecular weight is 301 g/mol. The van der Waals surface area contributed by atoms with Crippen LogP contribution in [0.15, 0.2) is 42.5 Å². The van der Waals surface area contributed by atoms with Crippen LogP contribution in [0.25, 0.3) is 10.7 Å². The fraction of sp³-hybridized carbons (Fsp3) is 0.0714. The maximum absolute atomic E-state index is 12.0. The highest BCUT2D eigenvalue weighted by Crippen LogP contribution is 2.27. The highest BCUT2D eigenvalue weighted by molar-refractivity contribution is 7.15. The molecule has 20 heavy (non-hydrogen) atoms. The van der Waals surface area contributed by atoms with Crippen molar-refractivity contribution in [2.75, 3.05) is 5.32 Å². The fourth-order valence-electron chi connectivity index (χ4n) is 1.69. The Hall–Kier alpha value is -2.05. The van der Waals surface area contributed by atoms with Gasteiger partial charge in [-0.1, -0.05) is 18.2 Å². The van der Waals surface area contributed by atoms with Gasteiger partial charge in [0.05, 0.1) is 4.88 Å². The summed E-state index contributed by atoms with van der Waals surface area (Å²) in [6.07, 6.45) is 0. The van der Waals surface area contributed by atoms with Crippen molar-refractivity contribution in [3.05, 3.63) is 52.9 Å². The number of amides is 1. The molecule has 0 aliphatic carbocycles. The zero-order valence-electron chi connectivity index (χ0n) is 10.7. The molecule has 0 unspecified atom stereocenters. The molecule has 0 bridgehead atoms. The molecule has 0 spiro atoms. The fourth-order valence-corrected chi connectivity index (χ4v) is 3.13. The Labute approximate surface area is 124 Å². The van der Waals surface area contributed by atoms with Gasteiger partial charge >= 0.3 is 0 Å². The van der Waals surface area contributed by atoms with Crippen molar-refractivity contribution >= 4 is 33.9 Å². The van der Waals surface area contributed by atoms with Gasteiger partial charge in [-0.05, 0) is 31.2 Å². The van der Waals surface area contributed by atoms with Gasteiger partial charge in [0.25, 0.3) is 5.91 Å². The number of carbonyl (C=O) groups is 1. The summed E-state index contributed by atoms with van der Waals surface area (Å²) in [5, 5.41) is 3.28. The van der Waals surface area contributed by atoms with Gasteiger partial charge in [-0.3, -0.25) is 10.1 Å². The topological polar surface area (TPSA) is 54.9 Å². The maximum Gasteiger partial charge on any atom is 0.257 e. The summed E-state index contributed by atoms with van der Waals surface area (Å²) < 4.78 is 4.27. The van der Waals surface area contributed by atoms with E-state index in [-0.39, 0.29) is 5.91 Å². The second-order valence-electron chi connectivity index (χ2n) is 4.15. The first-order valence-electron chi connectivity index (χ1n) is 5.99. The van der Waals surface area contributed by atoms with Crippen LogP contribution in [0.2, 0.25) is 0 Å². The number of aromatic nitrogens is 2. The monoisotopic (exact) mass is 301 g/mol. The minimum Gasteiger partial charge on any atom is -0.297 e. The van der Waals surface area contributed by atoms with Gasteiger partial charge in [0, 0.05) is 22.0 Å². The molecule has 2 heterocycles. The molecule has 1 N–H and O–H groups in total. The Morgan fingerprint density at radius 3 is 2.65 bits per heavy atom. The number of rotatable bonds is 3. The number of thiophene rings is 1. The number of nitrogens with one attached hydrogen (secondary N) is 1. The van der Waals surface area contributed by atoms with Gasteiger partial charge in [0.1, 0.15) is 0 Å². The van der Waals surface area contributed by atoms with E-state index in [0.717, 1.165) is 4.88 Å². The average Bonchev–Trinajstić information content (AvgIpc) is 3.09. The maximum atomic E-state index is 12.0. The summed E-state index contributed by atoms with van der Waals surface area (Å²) in [6.45, 7) is 2.04. The normalized spacial score (nSPS) is 10.4.